The minimum atomic E-state index is -0.228. The van der Waals surface area contributed by atoms with Gasteiger partial charge in [-0.2, -0.15) is 0 Å². The van der Waals surface area contributed by atoms with Gasteiger partial charge in [0, 0.05) is 29.9 Å². The van der Waals surface area contributed by atoms with Gasteiger partial charge in [0.1, 0.15) is 6.54 Å². The van der Waals surface area contributed by atoms with Crippen molar-refractivity contribution in [1.29, 1.82) is 0 Å². The third kappa shape index (κ3) is 5.74. The number of anilines is 1. The van der Waals surface area contributed by atoms with Crippen molar-refractivity contribution in [3.05, 3.63) is 66.4 Å². The lowest BCUT2D eigenvalue weighted by molar-refractivity contribution is -0.135. The second kappa shape index (κ2) is 10.2. The van der Waals surface area contributed by atoms with Crippen molar-refractivity contribution < 1.29 is 9.59 Å². The summed E-state index contributed by atoms with van der Waals surface area (Å²) in [5, 5.41) is 2.98. The van der Waals surface area contributed by atoms with E-state index in [2.05, 4.69) is 31.3 Å². The van der Waals surface area contributed by atoms with Crippen molar-refractivity contribution in [2.24, 2.45) is 5.92 Å². The smallest absolute Gasteiger partial charge is 0.246 e. The number of nitrogens with zero attached hydrogens (tertiary/aromatic N) is 3. The summed E-state index contributed by atoms with van der Waals surface area (Å²) in [6.07, 6.45) is 4.33. The third-order valence-corrected chi connectivity index (χ3v) is 6.07. The Morgan fingerprint density at radius 3 is 2.29 bits per heavy atom. The van der Waals surface area contributed by atoms with Crippen LogP contribution in [0.4, 0.5) is 5.95 Å². The lowest BCUT2D eigenvalue weighted by atomic mass is 10.0. The number of imidazole rings is 1. The van der Waals surface area contributed by atoms with E-state index in [1.165, 1.54) is 5.56 Å². The van der Waals surface area contributed by atoms with Crippen LogP contribution in [0.5, 0.6) is 0 Å². The van der Waals surface area contributed by atoms with Crippen LogP contribution in [0.1, 0.15) is 58.4 Å². The van der Waals surface area contributed by atoms with Crippen LogP contribution in [-0.4, -0.2) is 38.9 Å². The van der Waals surface area contributed by atoms with E-state index in [-0.39, 0.29) is 30.3 Å². The molecule has 2 amide bonds. The van der Waals surface area contributed by atoms with Crippen LogP contribution in [-0.2, 0) is 9.59 Å². The average molecular weight is 459 g/mol. The number of aromatic nitrogens is 2. The number of hydrogen-bond acceptors (Lipinski definition) is 3. The Morgan fingerprint density at radius 2 is 1.71 bits per heavy atom. The van der Waals surface area contributed by atoms with E-state index in [1.54, 1.807) is 4.90 Å². The first-order chi connectivity index (χ1) is 16.3. The lowest BCUT2D eigenvalue weighted by Gasteiger charge is -2.22. The molecule has 1 heterocycles. The molecule has 6 nitrogen and oxygen atoms in total. The molecular weight excluding hydrogens is 424 g/mol. The van der Waals surface area contributed by atoms with Crippen LogP contribution in [0.25, 0.3) is 16.9 Å². The molecule has 1 N–H and O–H groups in total. The Hall–Kier alpha value is -3.41. The van der Waals surface area contributed by atoms with Gasteiger partial charge in [-0.3, -0.25) is 19.5 Å². The van der Waals surface area contributed by atoms with Gasteiger partial charge in [-0.15, -0.1) is 0 Å². The van der Waals surface area contributed by atoms with E-state index in [4.69, 9.17) is 4.98 Å². The SMILES string of the molecule is CC(C)CC(=O)N(CC(=O)Nc1nc(-c2ccccc2)cn1-c1ccc(C(C)C)cc1)C1CC1. The molecule has 4 rings (SSSR count). The summed E-state index contributed by atoms with van der Waals surface area (Å²) in [4.78, 5) is 32.2. The van der Waals surface area contributed by atoms with Gasteiger partial charge >= 0.3 is 0 Å². The van der Waals surface area contributed by atoms with Gasteiger partial charge in [0.05, 0.1) is 5.69 Å². The summed E-state index contributed by atoms with van der Waals surface area (Å²) >= 11 is 0. The maximum absolute atomic E-state index is 13.1. The number of nitrogens with one attached hydrogen (secondary N) is 1. The van der Waals surface area contributed by atoms with Gasteiger partial charge in [-0.25, -0.2) is 4.98 Å². The number of carbonyl (C=O) groups excluding carboxylic acids is 2. The fourth-order valence-electron chi connectivity index (χ4n) is 4.03. The Morgan fingerprint density at radius 1 is 1.03 bits per heavy atom. The molecule has 0 bridgehead atoms. The second-order valence-corrected chi connectivity index (χ2v) is 9.83. The van der Waals surface area contributed by atoms with Gasteiger partial charge in [0.2, 0.25) is 17.8 Å². The summed E-state index contributed by atoms with van der Waals surface area (Å²) in [5.41, 5.74) is 3.92. The van der Waals surface area contributed by atoms with Gasteiger partial charge in [0.15, 0.2) is 0 Å². The average Bonchev–Trinajstić information content (AvgIpc) is 3.57. The van der Waals surface area contributed by atoms with Crippen molar-refractivity contribution >= 4 is 17.8 Å². The number of hydrogen-bond donors (Lipinski definition) is 1. The van der Waals surface area contributed by atoms with Crippen molar-refractivity contribution in [3.63, 3.8) is 0 Å². The van der Waals surface area contributed by atoms with Crippen LogP contribution in [0, 0.1) is 5.92 Å². The summed E-state index contributed by atoms with van der Waals surface area (Å²) in [6, 6.07) is 18.4. The Balaban J connectivity index is 1.60. The highest BCUT2D eigenvalue weighted by Gasteiger charge is 2.34. The summed E-state index contributed by atoms with van der Waals surface area (Å²) < 4.78 is 1.90. The number of amides is 2. The maximum Gasteiger partial charge on any atom is 0.246 e. The minimum absolute atomic E-state index is 0.0465. The number of benzene rings is 2. The molecule has 3 aromatic rings. The number of rotatable bonds is 9. The van der Waals surface area contributed by atoms with Crippen LogP contribution >= 0.6 is 0 Å². The first-order valence-electron chi connectivity index (χ1n) is 12.2. The molecule has 0 atom stereocenters. The Labute approximate surface area is 202 Å². The van der Waals surface area contributed by atoms with E-state index in [9.17, 15) is 9.59 Å². The lowest BCUT2D eigenvalue weighted by Crippen LogP contribution is -2.40. The van der Waals surface area contributed by atoms with E-state index in [0.717, 1.165) is 29.8 Å². The predicted molar refractivity (Wildman–Crippen MR) is 136 cm³/mol. The Kier molecular flexibility index (Phi) is 7.15. The van der Waals surface area contributed by atoms with Gasteiger partial charge in [-0.1, -0.05) is 70.2 Å². The van der Waals surface area contributed by atoms with Crippen LogP contribution < -0.4 is 5.32 Å². The maximum atomic E-state index is 13.1. The zero-order chi connectivity index (χ0) is 24.2. The standard InChI is InChI=1S/C28H34N4O2/c1-19(2)16-27(34)31(23-14-15-23)18-26(33)30-28-29-25(22-8-6-5-7-9-22)17-32(28)24-12-10-21(11-13-24)20(3)4/h5-13,17,19-20,23H,14-16,18H2,1-4H3,(H,29,30,33). The van der Waals surface area contributed by atoms with Crippen molar-refractivity contribution in [3.8, 4) is 16.9 Å². The van der Waals surface area contributed by atoms with Crippen molar-refractivity contribution in [1.82, 2.24) is 14.5 Å². The van der Waals surface area contributed by atoms with E-state index in [0.29, 0.717) is 18.3 Å². The highest BCUT2D eigenvalue weighted by Crippen LogP contribution is 2.29. The topological polar surface area (TPSA) is 67.2 Å². The van der Waals surface area contributed by atoms with E-state index < -0.39 is 0 Å². The van der Waals surface area contributed by atoms with Crippen LogP contribution in [0.2, 0.25) is 0 Å². The Bertz CT molecular complexity index is 1130. The molecule has 1 aliphatic rings. The fourth-order valence-corrected chi connectivity index (χ4v) is 4.03. The van der Waals surface area contributed by atoms with E-state index in [1.807, 2.05) is 67.1 Å². The second-order valence-electron chi connectivity index (χ2n) is 9.83. The van der Waals surface area contributed by atoms with E-state index >= 15 is 0 Å². The number of carbonyl (C=O) groups is 2. The molecule has 1 aliphatic carbocycles. The van der Waals surface area contributed by atoms with Gasteiger partial charge in [-0.05, 0) is 42.4 Å². The molecule has 0 saturated heterocycles. The fraction of sp³-hybridized carbons (Fsp3) is 0.393. The molecule has 0 spiro atoms. The molecular formula is C28H34N4O2. The molecule has 2 aromatic carbocycles. The molecule has 0 unspecified atom stereocenters. The molecule has 0 aliphatic heterocycles. The molecule has 34 heavy (non-hydrogen) atoms. The molecule has 1 saturated carbocycles. The summed E-state index contributed by atoms with van der Waals surface area (Å²) in [5.74, 6) is 0.971. The highest BCUT2D eigenvalue weighted by atomic mass is 16.2. The molecule has 178 valence electrons. The monoisotopic (exact) mass is 458 g/mol. The molecule has 6 heteroatoms. The highest BCUT2D eigenvalue weighted by molar-refractivity contribution is 5.94. The minimum Gasteiger partial charge on any atom is -0.330 e. The third-order valence-electron chi connectivity index (χ3n) is 6.07. The largest absolute Gasteiger partial charge is 0.330 e. The molecule has 0 radical (unpaired) electrons. The normalized spacial score (nSPS) is 13.4. The van der Waals surface area contributed by atoms with Crippen molar-refractivity contribution in [2.45, 2.75) is 58.9 Å². The summed E-state index contributed by atoms with van der Waals surface area (Å²) in [7, 11) is 0. The molecule has 1 fully saturated rings. The predicted octanol–water partition coefficient (Wildman–Crippen LogP) is 5.64. The van der Waals surface area contributed by atoms with Crippen molar-refractivity contribution in [2.75, 3.05) is 11.9 Å². The van der Waals surface area contributed by atoms with Crippen LogP contribution in [0.15, 0.2) is 60.8 Å². The van der Waals surface area contributed by atoms with Gasteiger partial charge < -0.3 is 4.90 Å². The summed E-state index contributed by atoms with van der Waals surface area (Å²) in [6.45, 7) is 8.43. The quantitative estimate of drug-likeness (QED) is 0.451. The first-order valence-corrected chi connectivity index (χ1v) is 12.2. The van der Waals surface area contributed by atoms with Crippen LogP contribution in [0.3, 0.4) is 0 Å². The zero-order valence-corrected chi connectivity index (χ0v) is 20.5. The van der Waals surface area contributed by atoms with Gasteiger partial charge in [0.25, 0.3) is 0 Å². The zero-order valence-electron chi connectivity index (χ0n) is 20.5. The first kappa shape index (κ1) is 23.7. The molecule has 1 aromatic heterocycles.